The monoisotopic (exact) mass is 302 g/mol. The summed E-state index contributed by atoms with van der Waals surface area (Å²) in [6.45, 7) is 2.76. The van der Waals surface area contributed by atoms with Crippen LogP contribution in [0.15, 0.2) is 60.9 Å². The lowest BCUT2D eigenvalue weighted by atomic mass is 10.1. The average Bonchev–Trinajstić information content (AvgIpc) is 2.92. The molecule has 4 aromatic rings. The van der Waals surface area contributed by atoms with Crippen molar-refractivity contribution in [2.75, 3.05) is 7.11 Å². The Labute approximate surface area is 135 Å². The van der Waals surface area contributed by atoms with Crippen LogP contribution in [0.4, 0.5) is 0 Å². The molecule has 0 spiro atoms. The van der Waals surface area contributed by atoms with Gasteiger partial charge in [0, 0.05) is 24.1 Å². The lowest BCUT2D eigenvalue weighted by Crippen LogP contribution is -1.94. The number of benzene rings is 2. The van der Waals surface area contributed by atoms with E-state index in [-0.39, 0.29) is 0 Å². The van der Waals surface area contributed by atoms with Crippen LogP contribution in [0.1, 0.15) is 11.1 Å². The summed E-state index contributed by atoms with van der Waals surface area (Å²) < 4.78 is 7.40. The number of methoxy groups -OCH3 is 1. The van der Waals surface area contributed by atoms with Crippen molar-refractivity contribution in [3.63, 3.8) is 0 Å². The van der Waals surface area contributed by atoms with E-state index in [0.717, 1.165) is 22.2 Å². The van der Waals surface area contributed by atoms with Gasteiger partial charge in [-0.2, -0.15) is 0 Å². The normalized spacial score (nSPS) is 11.4. The van der Waals surface area contributed by atoms with Crippen LogP contribution in [0.3, 0.4) is 0 Å². The molecule has 0 aliphatic heterocycles. The first-order valence-corrected chi connectivity index (χ1v) is 7.71. The summed E-state index contributed by atoms with van der Waals surface area (Å²) in [4.78, 5) is 4.64. The second kappa shape index (κ2) is 5.52. The van der Waals surface area contributed by atoms with Gasteiger partial charge in [-0.25, -0.2) is 0 Å². The Morgan fingerprint density at radius 1 is 1.09 bits per heavy atom. The number of pyridine rings is 1. The molecule has 3 nitrogen and oxygen atoms in total. The largest absolute Gasteiger partial charge is 0.380 e. The molecule has 0 unspecified atom stereocenters. The molecule has 0 fully saturated rings. The lowest BCUT2D eigenvalue weighted by molar-refractivity contribution is 0.185. The van der Waals surface area contributed by atoms with Gasteiger partial charge in [-0.1, -0.05) is 30.3 Å². The third-order valence-corrected chi connectivity index (χ3v) is 4.23. The maximum Gasteiger partial charge on any atom is 0.0713 e. The molecular weight excluding hydrogens is 284 g/mol. The number of para-hydroxylation sites is 1. The molecular formula is C20H18N2O. The van der Waals surface area contributed by atoms with Crippen molar-refractivity contribution in [3.05, 3.63) is 72.1 Å². The number of ether oxygens (including phenoxy) is 1. The minimum absolute atomic E-state index is 0.612. The molecule has 0 radical (unpaired) electrons. The number of fused-ring (bicyclic) bond motifs is 2. The van der Waals surface area contributed by atoms with Gasteiger partial charge in [0.15, 0.2) is 0 Å². The maximum atomic E-state index is 5.19. The predicted octanol–water partition coefficient (Wildman–Crippen LogP) is 4.63. The van der Waals surface area contributed by atoms with E-state index in [9.17, 15) is 0 Å². The minimum atomic E-state index is 0.612. The number of aryl methyl sites for hydroxylation is 1. The Morgan fingerprint density at radius 2 is 1.96 bits per heavy atom. The van der Waals surface area contributed by atoms with E-state index in [4.69, 9.17) is 4.74 Å². The summed E-state index contributed by atoms with van der Waals surface area (Å²) in [5, 5.41) is 2.42. The third-order valence-electron chi connectivity index (χ3n) is 4.23. The summed E-state index contributed by atoms with van der Waals surface area (Å²) in [6, 6.07) is 16.9. The summed E-state index contributed by atoms with van der Waals surface area (Å²) >= 11 is 0. The first kappa shape index (κ1) is 14.0. The van der Waals surface area contributed by atoms with Crippen LogP contribution in [0.5, 0.6) is 0 Å². The molecule has 0 amide bonds. The fourth-order valence-corrected chi connectivity index (χ4v) is 3.11. The fraction of sp³-hybridized carbons (Fsp3) is 0.150. The zero-order chi connectivity index (χ0) is 15.8. The number of aromatic nitrogens is 2. The minimum Gasteiger partial charge on any atom is -0.380 e. The van der Waals surface area contributed by atoms with Crippen LogP contribution >= 0.6 is 0 Å². The summed E-state index contributed by atoms with van der Waals surface area (Å²) in [5.41, 5.74) is 5.71. The van der Waals surface area contributed by atoms with E-state index >= 15 is 0 Å². The molecule has 4 rings (SSSR count). The molecule has 2 heterocycles. The molecule has 3 heteroatoms. The Bertz CT molecular complexity index is 1000. The van der Waals surface area contributed by atoms with Crippen molar-refractivity contribution in [1.29, 1.82) is 0 Å². The number of hydrogen-bond acceptors (Lipinski definition) is 2. The predicted molar refractivity (Wildman–Crippen MR) is 94.0 cm³/mol. The van der Waals surface area contributed by atoms with Crippen LogP contribution in [0.25, 0.3) is 27.5 Å². The van der Waals surface area contributed by atoms with Gasteiger partial charge in [0.2, 0.25) is 0 Å². The quantitative estimate of drug-likeness (QED) is 0.551. The molecule has 0 aliphatic rings. The summed E-state index contributed by atoms with van der Waals surface area (Å²) in [7, 11) is 1.71. The van der Waals surface area contributed by atoms with Gasteiger partial charge < -0.3 is 9.30 Å². The van der Waals surface area contributed by atoms with Gasteiger partial charge >= 0.3 is 0 Å². The SMILES string of the molecule is COCc1ccc2cc(-n3cc(C)c4ccccc43)cnc2c1. The lowest BCUT2D eigenvalue weighted by Gasteiger charge is -2.08. The van der Waals surface area contributed by atoms with Crippen molar-refractivity contribution < 1.29 is 4.74 Å². The van der Waals surface area contributed by atoms with Gasteiger partial charge in [0.1, 0.15) is 0 Å². The molecule has 0 aliphatic carbocycles. The van der Waals surface area contributed by atoms with E-state index < -0.39 is 0 Å². The highest BCUT2D eigenvalue weighted by atomic mass is 16.5. The fourth-order valence-electron chi connectivity index (χ4n) is 3.11. The van der Waals surface area contributed by atoms with Crippen LogP contribution in [-0.2, 0) is 11.3 Å². The summed E-state index contributed by atoms with van der Waals surface area (Å²) in [6.07, 6.45) is 4.11. The molecule has 0 bridgehead atoms. The average molecular weight is 302 g/mol. The van der Waals surface area contributed by atoms with Crippen molar-refractivity contribution in [3.8, 4) is 5.69 Å². The number of rotatable bonds is 3. The first-order chi connectivity index (χ1) is 11.3. The van der Waals surface area contributed by atoms with E-state index in [0.29, 0.717) is 6.61 Å². The molecule has 0 atom stereocenters. The Balaban J connectivity index is 1.86. The zero-order valence-electron chi connectivity index (χ0n) is 13.3. The van der Waals surface area contributed by atoms with E-state index in [1.54, 1.807) is 7.11 Å². The van der Waals surface area contributed by atoms with Crippen LogP contribution in [0, 0.1) is 6.92 Å². The third kappa shape index (κ3) is 2.39. The summed E-state index contributed by atoms with van der Waals surface area (Å²) in [5.74, 6) is 0. The topological polar surface area (TPSA) is 27.1 Å². The Hall–Kier alpha value is -2.65. The van der Waals surface area contributed by atoms with Gasteiger partial charge in [-0.15, -0.1) is 0 Å². The van der Waals surface area contributed by atoms with E-state index in [2.05, 4.69) is 71.2 Å². The first-order valence-electron chi connectivity index (χ1n) is 7.71. The smallest absolute Gasteiger partial charge is 0.0713 e. The second-order valence-electron chi connectivity index (χ2n) is 5.85. The number of hydrogen-bond donors (Lipinski definition) is 0. The van der Waals surface area contributed by atoms with Gasteiger partial charge in [-0.05, 0) is 36.2 Å². The molecule has 114 valence electrons. The van der Waals surface area contributed by atoms with Crippen LogP contribution < -0.4 is 0 Å². The second-order valence-corrected chi connectivity index (χ2v) is 5.85. The Kier molecular flexibility index (Phi) is 3.36. The molecule has 0 N–H and O–H groups in total. The maximum absolute atomic E-state index is 5.19. The standard InChI is InChI=1S/C20H18N2O/c1-14-12-22(20-6-4-3-5-18(14)20)17-10-16-8-7-15(13-23-2)9-19(16)21-11-17/h3-12H,13H2,1-2H3. The van der Waals surface area contributed by atoms with Gasteiger partial charge in [0.25, 0.3) is 0 Å². The van der Waals surface area contributed by atoms with Crippen molar-refractivity contribution in [2.24, 2.45) is 0 Å². The molecule has 2 aromatic carbocycles. The van der Waals surface area contributed by atoms with Gasteiger partial charge in [0.05, 0.1) is 29.5 Å². The highest BCUT2D eigenvalue weighted by Crippen LogP contribution is 2.25. The molecule has 0 saturated carbocycles. The van der Waals surface area contributed by atoms with Crippen molar-refractivity contribution in [1.82, 2.24) is 9.55 Å². The highest BCUT2D eigenvalue weighted by molar-refractivity contribution is 5.87. The van der Waals surface area contributed by atoms with Gasteiger partial charge in [-0.3, -0.25) is 4.98 Å². The van der Waals surface area contributed by atoms with Crippen molar-refractivity contribution in [2.45, 2.75) is 13.5 Å². The highest BCUT2D eigenvalue weighted by Gasteiger charge is 2.07. The Morgan fingerprint density at radius 3 is 2.83 bits per heavy atom. The van der Waals surface area contributed by atoms with Crippen LogP contribution in [-0.4, -0.2) is 16.7 Å². The molecule has 0 saturated heterocycles. The number of nitrogens with zero attached hydrogens (tertiary/aromatic N) is 2. The van der Waals surface area contributed by atoms with Crippen LogP contribution in [0.2, 0.25) is 0 Å². The molecule has 2 aromatic heterocycles. The van der Waals surface area contributed by atoms with Crippen molar-refractivity contribution >= 4 is 21.8 Å². The van der Waals surface area contributed by atoms with E-state index in [1.807, 2.05) is 6.20 Å². The zero-order valence-corrected chi connectivity index (χ0v) is 13.3. The molecule has 23 heavy (non-hydrogen) atoms. The van der Waals surface area contributed by atoms with E-state index in [1.165, 1.54) is 16.5 Å².